The maximum atomic E-state index is 11.6. The van der Waals surface area contributed by atoms with Gasteiger partial charge in [0.2, 0.25) is 5.91 Å². The first-order chi connectivity index (χ1) is 9.61. The van der Waals surface area contributed by atoms with Gasteiger partial charge in [0.15, 0.2) is 0 Å². The lowest BCUT2D eigenvalue weighted by molar-refractivity contribution is -0.140. The largest absolute Gasteiger partial charge is 0.294 e. The molecule has 1 aliphatic heterocycles. The molecule has 0 saturated heterocycles. The van der Waals surface area contributed by atoms with Gasteiger partial charge in [-0.25, -0.2) is 5.84 Å². The molecule has 0 bridgehead atoms. The second-order valence-corrected chi connectivity index (χ2v) is 5.51. The average molecular weight is 279 g/mol. The van der Waals surface area contributed by atoms with Crippen LogP contribution in [0.5, 0.6) is 0 Å². The summed E-state index contributed by atoms with van der Waals surface area (Å²) in [5.74, 6) is 5.12. The maximum Gasteiger partial charge on any atom is 0.253 e. The summed E-state index contributed by atoms with van der Waals surface area (Å²) < 4.78 is 0. The van der Waals surface area contributed by atoms with Gasteiger partial charge in [0.05, 0.1) is 0 Å². The number of amides is 3. The number of nitrogens with zero attached hydrogens (tertiary/aromatic N) is 1. The lowest BCUT2D eigenvalue weighted by Gasteiger charge is -2.33. The Morgan fingerprint density at radius 2 is 1.80 bits per heavy atom. The number of nitrogens with two attached hydrogens (primary N) is 1. The third-order valence-electron chi connectivity index (χ3n) is 4.20. The van der Waals surface area contributed by atoms with E-state index in [2.05, 4.69) is 5.43 Å². The quantitative estimate of drug-likeness (QED) is 0.334. The zero-order valence-corrected chi connectivity index (χ0v) is 11.5. The summed E-state index contributed by atoms with van der Waals surface area (Å²) in [6, 6.07) is 0.0496. The molecule has 0 spiro atoms. The van der Waals surface area contributed by atoms with Crippen LogP contribution in [0, 0.1) is 5.92 Å². The number of rotatable bonds is 5. The molecule has 0 aromatic carbocycles. The van der Waals surface area contributed by atoms with Gasteiger partial charge >= 0.3 is 0 Å². The van der Waals surface area contributed by atoms with Crippen LogP contribution in [0.15, 0.2) is 12.2 Å². The molecule has 0 radical (unpaired) electrons. The summed E-state index contributed by atoms with van der Waals surface area (Å²) in [7, 11) is 0. The molecule has 1 saturated carbocycles. The van der Waals surface area contributed by atoms with E-state index in [1.807, 2.05) is 0 Å². The Morgan fingerprint density at radius 3 is 2.35 bits per heavy atom. The molecule has 2 rings (SSSR count). The van der Waals surface area contributed by atoms with Crippen LogP contribution >= 0.6 is 0 Å². The molecule has 6 nitrogen and oxygen atoms in total. The summed E-state index contributed by atoms with van der Waals surface area (Å²) in [6.07, 6.45) is 8.74. The molecule has 110 valence electrons. The molecule has 0 aromatic rings. The highest BCUT2D eigenvalue weighted by molar-refractivity contribution is 6.13. The zero-order valence-electron chi connectivity index (χ0n) is 11.5. The normalized spacial score (nSPS) is 26.1. The van der Waals surface area contributed by atoms with Crippen LogP contribution in [0.25, 0.3) is 0 Å². The Balaban J connectivity index is 1.71. The fraction of sp³-hybridized carbons (Fsp3) is 0.643. The van der Waals surface area contributed by atoms with E-state index in [0.717, 1.165) is 38.5 Å². The third kappa shape index (κ3) is 3.45. The van der Waals surface area contributed by atoms with E-state index < -0.39 is 0 Å². The fourth-order valence-electron chi connectivity index (χ4n) is 3.09. The molecule has 1 heterocycles. The third-order valence-corrected chi connectivity index (χ3v) is 4.20. The molecule has 2 aliphatic rings. The van der Waals surface area contributed by atoms with Gasteiger partial charge in [0.1, 0.15) is 0 Å². The lowest BCUT2D eigenvalue weighted by Crippen LogP contribution is -2.42. The molecule has 6 heteroatoms. The molecule has 0 atom stereocenters. The first kappa shape index (κ1) is 14.7. The van der Waals surface area contributed by atoms with Crippen molar-refractivity contribution in [3.63, 3.8) is 0 Å². The number of hydrazine groups is 1. The number of imide groups is 1. The van der Waals surface area contributed by atoms with E-state index in [-0.39, 0.29) is 23.8 Å². The predicted octanol–water partition coefficient (Wildman–Crippen LogP) is 0.630. The Hall–Kier alpha value is -1.69. The Morgan fingerprint density at radius 1 is 1.20 bits per heavy atom. The van der Waals surface area contributed by atoms with Crippen molar-refractivity contribution < 1.29 is 14.4 Å². The van der Waals surface area contributed by atoms with E-state index in [9.17, 15) is 14.4 Å². The minimum Gasteiger partial charge on any atom is -0.294 e. The number of nitrogens with one attached hydrogen (secondary N) is 1. The molecule has 0 unspecified atom stereocenters. The van der Waals surface area contributed by atoms with Gasteiger partial charge in [-0.1, -0.05) is 0 Å². The predicted molar refractivity (Wildman–Crippen MR) is 72.9 cm³/mol. The molecule has 0 aromatic heterocycles. The number of hydrogen-bond acceptors (Lipinski definition) is 4. The van der Waals surface area contributed by atoms with Gasteiger partial charge in [-0.2, -0.15) is 0 Å². The smallest absolute Gasteiger partial charge is 0.253 e. The standard InChI is InChI=1S/C14H21N3O3/c15-16-12(18)3-1-2-10-4-6-11(7-5-10)17-13(19)8-9-14(17)20/h8-11H,1-7,15H2,(H,16,18). The molecular weight excluding hydrogens is 258 g/mol. The summed E-state index contributed by atoms with van der Waals surface area (Å²) in [6.45, 7) is 0. The SMILES string of the molecule is NNC(=O)CCCC1CCC(N2C(=O)C=CC2=O)CC1. The van der Waals surface area contributed by atoms with Crippen molar-refractivity contribution in [3.8, 4) is 0 Å². The summed E-state index contributed by atoms with van der Waals surface area (Å²) in [5.41, 5.74) is 2.13. The van der Waals surface area contributed by atoms with Crippen molar-refractivity contribution in [1.82, 2.24) is 10.3 Å². The van der Waals surface area contributed by atoms with Gasteiger partial charge in [-0.3, -0.25) is 24.7 Å². The van der Waals surface area contributed by atoms with Crippen molar-refractivity contribution in [2.24, 2.45) is 11.8 Å². The summed E-state index contributed by atoms with van der Waals surface area (Å²) in [5, 5.41) is 0. The summed E-state index contributed by atoms with van der Waals surface area (Å²) in [4.78, 5) is 35.6. The molecule has 1 fully saturated rings. The van der Waals surface area contributed by atoms with Gasteiger partial charge < -0.3 is 0 Å². The van der Waals surface area contributed by atoms with Crippen LogP contribution in [0.3, 0.4) is 0 Å². The van der Waals surface area contributed by atoms with Crippen LogP contribution in [0.1, 0.15) is 44.9 Å². The molecule has 3 N–H and O–H groups in total. The monoisotopic (exact) mass is 279 g/mol. The molecular formula is C14H21N3O3. The van der Waals surface area contributed by atoms with E-state index in [4.69, 9.17) is 5.84 Å². The lowest BCUT2D eigenvalue weighted by atomic mass is 9.82. The van der Waals surface area contributed by atoms with Crippen molar-refractivity contribution in [2.75, 3.05) is 0 Å². The average Bonchev–Trinajstić information content (AvgIpc) is 2.79. The molecule has 20 heavy (non-hydrogen) atoms. The first-order valence-corrected chi connectivity index (χ1v) is 7.16. The van der Waals surface area contributed by atoms with Crippen LogP contribution in [0.4, 0.5) is 0 Å². The Kier molecular flexibility index (Phi) is 4.89. The second-order valence-electron chi connectivity index (χ2n) is 5.51. The Labute approximate surface area is 118 Å². The zero-order chi connectivity index (χ0) is 14.5. The highest BCUT2D eigenvalue weighted by atomic mass is 16.2. The Bertz CT molecular complexity index is 407. The van der Waals surface area contributed by atoms with E-state index >= 15 is 0 Å². The van der Waals surface area contributed by atoms with Crippen molar-refractivity contribution in [2.45, 2.75) is 51.0 Å². The van der Waals surface area contributed by atoms with Crippen LogP contribution in [-0.4, -0.2) is 28.7 Å². The first-order valence-electron chi connectivity index (χ1n) is 7.16. The number of hydrogen-bond donors (Lipinski definition) is 2. The van der Waals surface area contributed by atoms with Crippen molar-refractivity contribution >= 4 is 17.7 Å². The van der Waals surface area contributed by atoms with Crippen molar-refractivity contribution in [3.05, 3.63) is 12.2 Å². The van der Waals surface area contributed by atoms with Gasteiger partial charge in [-0.15, -0.1) is 0 Å². The topological polar surface area (TPSA) is 92.5 Å². The van der Waals surface area contributed by atoms with Gasteiger partial charge in [0, 0.05) is 24.6 Å². The fourth-order valence-corrected chi connectivity index (χ4v) is 3.09. The highest BCUT2D eigenvalue weighted by Gasteiger charge is 2.33. The number of carbonyl (C=O) groups excluding carboxylic acids is 3. The van der Waals surface area contributed by atoms with Gasteiger partial charge in [0.25, 0.3) is 11.8 Å². The highest BCUT2D eigenvalue weighted by Crippen LogP contribution is 2.31. The maximum absolute atomic E-state index is 11.6. The number of carbonyl (C=O) groups is 3. The van der Waals surface area contributed by atoms with Crippen LogP contribution in [-0.2, 0) is 14.4 Å². The molecule has 3 amide bonds. The molecule has 1 aliphatic carbocycles. The van der Waals surface area contributed by atoms with Crippen LogP contribution in [0.2, 0.25) is 0 Å². The van der Waals surface area contributed by atoms with E-state index in [1.54, 1.807) is 0 Å². The van der Waals surface area contributed by atoms with E-state index in [1.165, 1.54) is 17.1 Å². The van der Waals surface area contributed by atoms with E-state index in [0.29, 0.717) is 12.3 Å². The summed E-state index contributed by atoms with van der Waals surface area (Å²) >= 11 is 0. The minimum atomic E-state index is -0.182. The minimum absolute atomic E-state index is 0.0496. The second kappa shape index (κ2) is 6.65. The van der Waals surface area contributed by atoms with Crippen molar-refractivity contribution in [1.29, 1.82) is 0 Å². The van der Waals surface area contributed by atoms with Crippen LogP contribution < -0.4 is 11.3 Å². The van der Waals surface area contributed by atoms with Gasteiger partial charge in [-0.05, 0) is 44.4 Å².